The molecule has 0 aromatic heterocycles. The van der Waals surface area contributed by atoms with Gasteiger partial charge in [-0.3, -0.25) is 4.79 Å². The van der Waals surface area contributed by atoms with Crippen molar-refractivity contribution in [2.45, 2.75) is 27.7 Å². The van der Waals surface area contributed by atoms with Gasteiger partial charge in [-0.05, 0) is 31.2 Å². The molecule has 1 rings (SSSR count). The summed E-state index contributed by atoms with van der Waals surface area (Å²) in [6, 6.07) is 7.53. The van der Waals surface area contributed by atoms with E-state index in [-0.39, 0.29) is 5.91 Å². The van der Waals surface area contributed by atoms with Crippen LogP contribution < -0.4 is 15.4 Å². The third kappa shape index (κ3) is 4.24. The van der Waals surface area contributed by atoms with Gasteiger partial charge in [0.25, 0.3) is 0 Å². The second kappa shape index (κ2) is 6.57. The third-order valence-electron chi connectivity index (χ3n) is 2.70. The third-order valence-corrected chi connectivity index (χ3v) is 2.70. The van der Waals surface area contributed by atoms with Crippen LogP contribution in [0.4, 0.5) is 5.69 Å². The highest BCUT2D eigenvalue weighted by Crippen LogP contribution is 2.25. The maximum atomic E-state index is 12.4. The van der Waals surface area contributed by atoms with Crippen LogP contribution in [-0.2, 0) is 4.79 Å². The summed E-state index contributed by atoms with van der Waals surface area (Å²) in [7, 11) is 0. The maximum Gasteiger partial charge on any atom is 0.232 e. The van der Waals surface area contributed by atoms with E-state index < -0.39 is 5.41 Å². The van der Waals surface area contributed by atoms with Gasteiger partial charge in [0, 0.05) is 24.2 Å². The molecule has 0 atom stereocenters. The number of anilines is 1. The molecule has 0 fully saturated rings. The van der Waals surface area contributed by atoms with E-state index in [9.17, 15) is 4.79 Å². The lowest BCUT2D eigenvalue weighted by atomic mass is 9.94. The second-order valence-corrected chi connectivity index (χ2v) is 5.42. The van der Waals surface area contributed by atoms with Crippen molar-refractivity contribution >= 4 is 11.6 Å². The largest absolute Gasteiger partial charge is 0.494 e. The molecule has 0 spiro atoms. The summed E-state index contributed by atoms with van der Waals surface area (Å²) in [5, 5.41) is 0. The van der Waals surface area contributed by atoms with Gasteiger partial charge in [-0.25, -0.2) is 0 Å². The summed E-state index contributed by atoms with van der Waals surface area (Å²) >= 11 is 0. The zero-order chi connectivity index (χ0) is 14.5. The molecule has 0 saturated heterocycles. The molecule has 1 amide bonds. The van der Waals surface area contributed by atoms with Crippen molar-refractivity contribution in [3.05, 3.63) is 24.3 Å². The van der Waals surface area contributed by atoms with Crippen LogP contribution >= 0.6 is 0 Å². The van der Waals surface area contributed by atoms with Crippen LogP contribution in [0.15, 0.2) is 24.3 Å². The van der Waals surface area contributed by atoms with E-state index in [4.69, 9.17) is 10.5 Å². The van der Waals surface area contributed by atoms with E-state index in [1.54, 1.807) is 4.90 Å². The fraction of sp³-hybridized carbons (Fsp3) is 0.533. The van der Waals surface area contributed by atoms with E-state index in [0.717, 1.165) is 11.4 Å². The van der Waals surface area contributed by atoms with E-state index in [1.807, 2.05) is 52.0 Å². The first-order valence-corrected chi connectivity index (χ1v) is 6.65. The number of nitrogens with zero attached hydrogens (tertiary/aromatic N) is 1. The van der Waals surface area contributed by atoms with Crippen molar-refractivity contribution in [1.82, 2.24) is 0 Å². The molecular formula is C15H24N2O2. The van der Waals surface area contributed by atoms with Crippen LogP contribution in [0.2, 0.25) is 0 Å². The summed E-state index contributed by atoms with van der Waals surface area (Å²) in [6.45, 7) is 9.26. The Balaban J connectivity index is 2.96. The van der Waals surface area contributed by atoms with E-state index >= 15 is 0 Å². The van der Waals surface area contributed by atoms with Gasteiger partial charge < -0.3 is 15.4 Å². The highest BCUT2D eigenvalue weighted by Gasteiger charge is 2.27. The Morgan fingerprint density at radius 3 is 2.26 bits per heavy atom. The molecular weight excluding hydrogens is 240 g/mol. The van der Waals surface area contributed by atoms with Gasteiger partial charge in [0.2, 0.25) is 5.91 Å². The van der Waals surface area contributed by atoms with Crippen molar-refractivity contribution in [2.24, 2.45) is 11.1 Å². The van der Waals surface area contributed by atoms with Crippen LogP contribution in [-0.4, -0.2) is 25.6 Å². The number of ether oxygens (including phenoxy) is 1. The molecule has 106 valence electrons. The Labute approximate surface area is 115 Å². The van der Waals surface area contributed by atoms with Crippen LogP contribution in [0, 0.1) is 5.41 Å². The first-order valence-electron chi connectivity index (χ1n) is 6.65. The summed E-state index contributed by atoms with van der Waals surface area (Å²) < 4.78 is 5.40. The summed E-state index contributed by atoms with van der Waals surface area (Å²) in [4.78, 5) is 14.1. The SMILES string of the molecule is CCOc1ccc(N(CCN)C(=O)C(C)(C)C)cc1. The van der Waals surface area contributed by atoms with Crippen molar-refractivity contribution < 1.29 is 9.53 Å². The number of rotatable bonds is 5. The van der Waals surface area contributed by atoms with Gasteiger partial charge in [0.05, 0.1) is 6.61 Å². The second-order valence-electron chi connectivity index (χ2n) is 5.42. The zero-order valence-corrected chi connectivity index (χ0v) is 12.3. The number of hydrogen-bond donors (Lipinski definition) is 1. The summed E-state index contributed by atoms with van der Waals surface area (Å²) in [5.74, 6) is 0.879. The Kier molecular flexibility index (Phi) is 5.36. The van der Waals surface area contributed by atoms with Crippen LogP contribution in [0.25, 0.3) is 0 Å². The minimum atomic E-state index is -0.423. The van der Waals surface area contributed by atoms with Crippen molar-refractivity contribution in [3.8, 4) is 5.75 Å². The monoisotopic (exact) mass is 264 g/mol. The molecule has 2 N–H and O–H groups in total. The summed E-state index contributed by atoms with van der Waals surface area (Å²) in [5.41, 5.74) is 6.04. The number of carbonyl (C=O) groups is 1. The lowest BCUT2D eigenvalue weighted by Crippen LogP contribution is -2.42. The van der Waals surface area contributed by atoms with Gasteiger partial charge in [-0.2, -0.15) is 0 Å². The fourth-order valence-corrected chi connectivity index (χ4v) is 1.77. The highest BCUT2D eigenvalue weighted by molar-refractivity contribution is 5.96. The molecule has 0 unspecified atom stereocenters. The molecule has 1 aromatic carbocycles. The molecule has 4 heteroatoms. The quantitative estimate of drug-likeness (QED) is 0.888. The topological polar surface area (TPSA) is 55.6 Å². The van der Waals surface area contributed by atoms with E-state index in [1.165, 1.54) is 0 Å². The number of carbonyl (C=O) groups excluding carboxylic acids is 1. The van der Waals surface area contributed by atoms with Crippen LogP contribution in [0.3, 0.4) is 0 Å². The Hall–Kier alpha value is -1.55. The van der Waals surface area contributed by atoms with Crippen LogP contribution in [0.1, 0.15) is 27.7 Å². The number of nitrogens with two attached hydrogens (primary N) is 1. The van der Waals surface area contributed by atoms with Gasteiger partial charge in [-0.15, -0.1) is 0 Å². The molecule has 0 saturated carbocycles. The number of benzene rings is 1. The van der Waals surface area contributed by atoms with E-state index in [0.29, 0.717) is 19.7 Å². The number of hydrogen-bond acceptors (Lipinski definition) is 3. The van der Waals surface area contributed by atoms with E-state index in [2.05, 4.69) is 0 Å². The van der Waals surface area contributed by atoms with Gasteiger partial charge in [0.1, 0.15) is 5.75 Å². The predicted molar refractivity (Wildman–Crippen MR) is 78.5 cm³/mol. The molecule has 0 heterocycles. The maximum absolute atomic E-state index is 12.4. The smallest absolute Gasteiger partial charge is 0.232 e. The summed E-state index contributed by atoms with van der Waals surface area (Å²) in [6.07, 6.45) is 0. The van der Waals surface area contributed by atoms with Crippen molar-refractivity contribution in [3.63, 3.8) is 0 Å². The standard InChI is InChI=1S/C15H24N2O2/c1-5-19-13-8-6-12(7-9-13)17(11-10-16)14(18)15(2,3)4/h6-9H,5,10-11,16H2,1-4H3. The number of amides is 1. The molecule has 0 radical (unpaired) electrons. The minimum absolute atomic E-state index is 0.0714. The first kappa shape index (κ1) is 15.5. The normalized spacial score (nSPS) is 11.2. The van der Waals surface area contributed by atoms with Crippen LogP contribution in [0.5, 0.6) is 5.75 Å². The first-order chi connectivity index (χ1) is 8.90. The Bertz CT molecular complexity index is 407. The average Bonchev–Trinajstić information content (AvgIpc) is 2.36. The van der Waals surface area contributed by atoms with Gasteiger partial charge in [0.15, 0.2) is 0 Å². The van der Waals surface area contributed by atoms with Gasteiger partial charge in [-0.1, -0.05) is 20.8 Å². The lowest BCUT2D eigenvalue weighted by molar-refractivity contribution is -0.125. The molecule has 0 aliphatic heterocycles. The highest BCUT2D eigenvalue weighted by atomic mass is 16.5. The Morgan fingerprint density at radius 1 is 1.26 bits per heavy atom. The van der Waals surface area contributed by atoms with Crippen molar-refractivity contribution in [2.75, 3.05) is 24.6 Å². The fourth-order valence-electron chi connectivity index (χ4n) is 1.77. The molecule has 19 heavy (non-hydrogen) atoms. The zero-order valence-electron chi connectivity index (χ0n) is 12.3. The minimum Gasteiger partial charge on any atom is -0.494 e. The average molecular weight is 264 g/mol. The Morgan fingerprint density at radius 2 is 1.84 bits per heavy atom. The molecule has 4 nitrogen and oxygen atoms in total. The molecule has 1 aromatic rings. The molecule has 0 aliphatic carbocycles. The van der Waals surface area contributed by atoms with Crippen molar-refractivity contribution in [1.29, 1.82) is 0 Å². The predicted octanol–water partition coefficient (Wildman–Crippen LogP) is 2.42. The lowest BCUT2D eigenvalue weighted by Gasteiger charge is -2.29. The molecule has 0 bridgehead atoms. The van der Waals surface area contributed by atoms with Gasteiger partial charge >= 0.3 is 0 Å². The molecule has 0 aliphatic rings.